The molecule has 1 aliphatic rings. The minimum absolute atomic E-state index is 0.0497. The third-order valence-electron chi connectivity index (χ3n) is 5.41. The molecule has 0 amide bonds. The van der Waals surface area contributed by atoms with Crippen molar-refractivity contribution >= 4 is 21.4 Å². The van der Waals surface area contributed by atoms with Crippen LogP contribution in [-0.4, -0.2) is 61.3 Å². The van der Waals surface area contributed by atoms with Gasteiger partial charge in [-0.15, -0.1) is 0 Å². The number of nitrogens with one attached hydrogen (secondary N) is 1. The number of rotatable bonds is 9. The van der Waals surface area contributed by atoms with Gasteiger partial charge in [-0.05, 0) is 44.4 Å². The predicted molar refractivity (Wildman–Crippen MR) is 111 cm³/mol. The van der Waals surface area contributed by atoms with Crippen molar-refractivity contribution in [2.45, 2.75) is 51.5 Å². The molecule has 28 heavy (non-hydrogen) atoms. The quantitative estimate of drug-likeness (QED) is 0.494. The molecule has 0 aliphatic carbocycles. The summed E-state index contributed by atoms with van der Waals surface area (Å²) in [6, 6.07) is 4.33. The van der Waals surface area contributed by atoms with E-state index in [0.29, 0.717) is 31.2 Å². The van der Waals surface area contributed by atoms with Crippen LogP contribution in [-0.2, 0) is 10.0 Å². The number of nitro groups is 1. The molecule has 1 aliphatic heterocycles. The van der Waals surface area contributed by atoms with Gasteiger partial charge in [-0.25, -0.2) is 8.42 Å². The van der Waals surface area contributed by atoms with Crippen LogP contribution in [0.4, 0.5) is 11.4 Å². The second kappa shape index (κ2) is 9.67. The van der Waals surface area contributed by atoms with E-state index < -0.39 is 14.9 Å². The van der Waals surface area contributed by atoms with Gasteiger partial charge in [0.2, 0.25) is 10.0 Å². The number of piperidine rings is 1. The van der Waals surface area contributed by atoms with Gasteiger partial charge in [-0.3, -0.25) is 15.0 Å². The van der Waals surface area contributed by atoms with Gasteiger partial charge < -0.3 is 5.32 Å². The highest BCUT2D eigenvalue weighted by molar-refractivity contribution is 7.89. The van der Waals surface area contributed by atoms with Crippen LogP contribution in [0.2, 0.25) is 0 Å². The molecule has 158 valence electrons. The van der Waals surface area contributed by atoms with Gasteiger partial charge in [0.1, 0.15) is 5.69 Å². The molecular formula is C19H32N4O4S. The first-order valence-electron chi connectivity index (χ1n) is 9.97. The second-order valence-electron chi connectivity index (χ2n) is 7.50. The summed E-state index contributed by atoms with van der Waals surface area (Å²) in [6.07, 6.45) is 2.41. The van der Waals surface area contributed by atoms with Crippen molar-refractivity contribution in [1.29, 1.82) is 0 Å². The Morgan fingerprint density at radius 2 is 2.04 bits per heavy atom. The van der Waals surface area contributed by atoms with Crippen LogP contribution in [0, 0.1) is 16.0 Å². The van der Waals surface area contributed by atoms with Crippen molar-refractivity contribution in [1.82, 2.24) is 9.21 Å². The maximum absolute atomic E-state index is 12.7. The van der Waals surface area contributed by atoms with Crippen LogP contribution >= 0.6 is 0 Å². The molecule has 1 heterocycles. The van der Waals surface area contributed by atoms with E-state index in [1.807, 2.05) is 0 Å². The maximum atomic E-state index is 12.7. The van der Waals surface area contributed by atoms with Crippen LogP contribution in [0.15, 0.2) is 23.1 Å². The maximum Gasteiger partial charge on any atom is 0.293 e. The summed E-state index contributed by atoms with van der Waals surface area (Å²) in [6.45, 7) is 11.1. The fourth-order valence-electron chi connectivity index (χ4n) is 3.70. The van der Waals surface area contributed by atoms with Gasteiger partial charge in [-0.1, -0.05) is 20.8 Å². The second-order valence-corrected chi connectivity index (χ2v) is 9.44. The largest absolute Gasteiger partial charge is 0.378 e. The Bertz CT molecular complexity index is 780. The molecule has 0 radical (unpaired) electrons. The highest BCUT2D eigenvalue weighted by Gasteiger charge is 2.26. The molecule has 8 nitrogen and oxygen atoms in total. The summed E-state index contributed by atoms with van der Waals surface area (Å²) in [7, 11) is -3.74. The zero-order chi connectivity index (χ0) is 20.9. The summed E-state index contributed by atoms with van der Waals surface area (Å²) in [5.41, 5.74) is 0.132. The first-order valence-corrected chi connectivity index (χ1v) is 11.4. The molecule has 1 aromatic carbocycles. The zero-order valence-corrected chi connectivity index (χ0v) is 18.0. The monoisotopic (exact) mass is 412 g/mol. The van der Waals surface area contributed by atoms with Gasteiger partial charge in [0.25, 0.3) is 5.69 Å². The van der Waals surface area contributed by atoms with Crippen molar-refractivity contribution < 1.29 is 13.3 Å². The van der Waals surface area contributed by atoms with E-state index in [0.717, 1.165) is 19.2 Å². The molecule has 0 aromatic heterocycles. The minimum Gasteiger partial charge on any atom is -0.378 e. The van der Waals surface area contributed by atoms with Crippen LogP contribution in [0.25, 0.3) is 0 Å². The van der Waals surface area contributed by atoms with Crippen LogP contribution < -0.4 is 5.32 Å². The molecule has 1 saturated heterocycles. The van der Waals surface area contributed by atoms with Gasteiger partial charge >= 0.3 is 0 Å². The third-order valence-corrected chi connectivity index (χ3v) is 7.45. The molecule has 2 rings (SSSR count). The Balaban J connectivity index is 2.18. The topological polar surface area (TPSA) is 95.8 Å². The molecular weight excluding hydrogens is 380 g/mol. The first kappa shape index (κ1) is 22.6. The van der Waals surface area contributed by atoms with E-state index in [2.05, 4.69) is 24.1 Å². The lowest BCUT2D eigenvalue weighted by atomic mass is 9.99. The van der Waals surface area contributed by atoms with Crippen LogP contribution in [0.1, 0.15) is 40.5 Å². The number of sulfonamides is 1. The molecule has 1 aromatic rings. The Labute approximate surface area is 168 Å². The molecule has 2 atom stereocenters. The molecule has 9 heteroatoms. The smallest absolute Gasteiger partial charge is 0.293 e. The summed E-state index contributed by atoms with van der Waals surface area (Å²) < 4.78 is 26.6. The normalized spacial score (nSPS) is 19.5. The summed E-state index contributed by atoms with van der Waals surface area (Å²) >= 11 is 0. The molecule has 1 N–H and O–H groups in total. The molecule has 2 unspecified atom stereocenters. The lowest BCUT2D eigenvalue weighted by Gasteiger charge is -2.35. The van der Waals surface area contributed by atoms with Crippen LogP contribution in [0.5, 0.6) is 0 Å². The Kier molecular flexibility index (Phi) is 7.79. The van der Waals surface area contributed by atoms with Crippen molar-refractivity contribution in [3.63, 3.8) is 0 Å². The summed E-state index contributed by atoms with van der Waals surface area (Å²) in [5.74, 6) is 0.662. The molecule has 0 spiro atoms. The highest BCUT2D eigenvalue weighted by Crippen LogP contribution is 2.29. The van der Waals surface area contributed by atoms with Crippen molar-refractivity contribution in [2.75, 3.05) is 38.0 Å². The Morgan fingerprint density at radius 1 is 1.36 bits per heavy atom. The van der Waals surface area contributed by atoms with E-state index in [1.54, 1.807) is 13.8 Å². The number of hydrogen-bond donors (Lipinski definition) is 1. The van der Waals surface area contributed by atoms with Gasteiger partial charge in [0, 0.05) is 38.3 Å². The number of nitrogens with zero attached hydrogens (tertiary/aromatic N) is 3. The predicted octanol–water partition coefficient (Wildman–Crippen LogP) is 3.16. The fraction of sp³-hybridized carbons (Fsp3) is 0.684. The first-order chi connectivity index (χ1) is 13.2. The lowest BCUT2D eigenvalue weighted by Crippen LogP contribution is -2.43. The lowest BCUT2D eigenvalue weighted by molar-refractivity contribution is -0.384. The van der Waals surface area contributed by atoms with E-state index in [9.17, 15) is 18.5 Å². The van der Waals surface area contributed by atoms with Crippen molar-refractivity contribution in [2.24, 2.45) is 5.92 Å². The number of benzene rings is 1. The molecule has 1 fully saturated rings. The average molecular weight is 413 g/mol. The zero-order valence-electron chi connectivity index (χ0n) is 17.2. The van der Waals surface area contributed by atoms with Crippen molar-refractivity contribution in [3.05, 3.63) is 28.3 Å². The van der Waals surface area contributed by atoms with Gasteiger partial charge in [0.15, 0.2) is 0 Å². The summed E-state index contributed by atoms with van der Waals surface area (Å²) in [5, 5.41) is 14.7. The van der Waals surface area contributed by atoms with Crippen molar-refractivity contribution in [3.8, 4) is 0 Å². The SMILES string of the molecule is CCN(CC)S(=O)(=O)c1ccc(NCC(C)N2CCCC(C)C2)c([N+](=O)[O-])c1. The third kappa shape index (κ3) is 5.21. The Hall–Kier alpha value is -1.71. The van der Waals surface area contributed by atoms with E-state index >= 15 is 0 Å². The average Bonchev–Trinajstić information content (AvgIpc) is 2.66. The number of anilines is 1. The van der Waals surface area contributed by atoms with Crippen LogP contribution in [0.3, 0.4) is 0 Å². The van der Waals surface area contributed by atoms with E-state index in [1.165, 1.54) is 29.3 Å². The molecule has 0 saturated carbocycles. The van der Waals surface area contributed by atoms with Gasteiger partial charge in [0.05, 0.1) is 9.82 Å². The fourth-order valence-corrected chi connectivity index (χ4v) is 5.18. The number of likely N-dealkylation sites (tertiary alicyclic amines) is 1. The summed E-state index contributed by atoms with van der Waals surface area (Å²) in [4.78, 5) is 13.4. The number of hydrogen-bond acceptors (Lipinski definition) is 6. The number of nitro benzene ring substituents is 1. The standard InChI is InChI=1S/C19H32N4O4S/c1-5-22(6-2)28(26,27)17-9-10-18(19(12-17)23(24)25)20-13-16(4)21-11-7-8-15(3)14-21/h9-10,12,15-16,20H,5-8,11,13-14H2,1-4H3. The van der Waals surface area contributed by atoms with E-state index in [4.69, 9.17) is 0 Å². The van der Waals surface area contributed by atoms with Gasteiger partial charge in [-0.2, -0.15) is 4.31 Å². The highest BCUT2D eigenvalue weighted by atomic mass is 32.2. The minimum atomic E-state index is -3.74. The Morgan fingerprint density at radius 3 is 2.61 bits per heavy atom. The van der Waals surface area contributed by atoms with E-state index in [-0.39, 0.29) is 16.6 Å². The molecule has 0 bridgehead atoms.